The van der Waals surface area contributed by atoms with Gasteiger partial charge in [-0.2, -0.15) is 0 Å². The Morgan fingerprint density at radius 2 is 2.21 bits per heavy atom. The Balaban J connectivity index is 2.00. The van der Waals surface area contributed by atoms with Crippen molar-refractivity contribution < 1.29 is 14.3 Å². The first-order valence-electron chi connectivity index (χ1n) is 6.60. The Morgan fingerprint density at radius 3 is 2.89 bits per heavy atom. The van der Waals surface area contributed by atoms with Gasteiger partial charge >= 0.3 is 0 Å². The molecule has 5 heteroatoms. The molecule has 1 heterocycles. The van der Waals surface area contributed by atoms with Crippen LogP contribution in [0.4, 0.5) is 5.69 Å². The van der Waals surface area contributed by atoms with E-state index in [1.165, 1.54) is 0 Å². The van der Waals surface area contributed by atoms with Crippen molar-refractivity contribution in [3.05, 3.63) is 29.8 Å². The lowest BCUT2D eigenvalue weighted by Crippen LogP contribution is -2.35. The van der Waals surface area contributed by atoms with E-state index >= 15 is 0 Å². The Bertz CT molecular complexity index is 430. The second-order valence-corrected chi connectivity index (χ2v) is 4.58. The predicted octanol–water partition coefficient (Wildman–Crippen LogP) is 1.80. The smallest absolute Gasteiger partial charge is 0.241 e. The van der Waals surface area contributed by atoms with Crippen LogP contribution in [0.2, 0.25) is 0 Å². The molecule has 0 aliphatic carbocycles. The molecule has 0 unspecified atom stereocenters. The fourth-order valence-corrected chi connectivity index (χ4v) is 1.99. The van der Waals surface area contributed by atoms with Gasteiger partial charge in [-0.25, -0.2) is 0 Å². The lowest BCUT2D eigenvalue weighted by Gasteiger charge is -2.14. The van der Waals surface area contributed by atoms with Crippen molar-refractivity contribution in [3.8, 4) is 0 Å². The highest BCUT2D eigenvalue weighted by Gasteiger charge is 2.19. The number of nitrogens with one attached hydrogen (secondary N) is 1. The minimum Gasteiger partial charge on any atom is -0.346 e. The van der Waals surface area contributed by atoms with Crippen LogP contribution in [0.15, 0.2) is 24.3 Å². The maximum absolute atomic E-state index is 11.8. The summed E-state index contributed by atoms with van der Waals surface area (Å²) in [5.41, 5.74) is 7.39. The molecular weight excluding hydrogens is 244 g/mol. The highest BCUT2D eigenvalue weighted by Crippen LogP contribution is 2.25. The molecule has 0 spiro atoms. The van der Waals surface area contributed by atoms with Crippen LogP contribution in [0, 0.1) is 0 Å². The standard InChI is InChI=1S/C14H20N2O3/c1-2-4-12(15)13(17)16-11-6-3-5-10(9-11)14-18-7-8-19-14/h3,5-6,9,12,14H,2,4,7-8,15H2,1H3,(H,16,17)/t12-/m0/s1. The van der Waals surface area contributed by atoms with E-state index in [0.717, 1.165) is 12.0 Å². The number of anilines is 1. The number of ether oxygens (including phenoxy) is 2. The highest BCUT2D eigenvalue weighted by molar-refractivity contribution is 5.94. The number of benzene rings is 1. The molecule has 0 radical (unpaired) electrons. The Labute approximate surface area is 113 Å². The summed E-state index contributed by atoms with van der Waals surface area (Å²) in [5, 5.41) is 2.82. The van der Waals surface area contributed by atoms with E-state index in [4.69, 9.17) is 15.2 Å². The minimum atomic E-state index is -0.465. The molecule has 0 saturated carbocycles. The third kappa shape index (κ3) is 3.76. The molecular formula is C14H20N2O3. The molecule has 19 heavy (non-hydrogen) atoms. The summed E-state index contributed by atoms with van der Waals surface area (Å²) in [6, 6.07) is 6.99. The summed E-state index contributed by atoms with van der Waals surface area (Å²) in [4.78, 5) is 11.8. The molecule has 1 amide bonds. The van der Waals surface area contributed by atoms with Gasteiger partial charge in [0.2, 0.25) is 5.91 Å². The Morgan fingerprint density at radius 1 is 1.47 bits per heavy atom. The van der Waals surface area contributed by atoms with E-state index in [-0.39, 0.29) is 12.2 Å². The van der Waals surface area contributed by atoms with Gasteiger partial charge in [-0.1, -0.05) is 25.5 Å². The van der Waals surface area contributed by atoms with Crippen LogP contribution in [0.1, 0.15) is 31.6 Å². The van der Waals surface area contributed by atoms with Crippen LogP contribution >= 0.6 is 0 Å². The van der Waals surface area contributed by atoms with Gasteiger partial charge in [0.1, 0.15) is 0 Å². The normalized spacial score (nSPS) is 17.4. The summed E-state index contributed by atoms with van der Waals surface area (Å²) in [6.45, 7) is 3.20. The van der Waals surface area contributed by atoms with Crippen LogP contribution in [0.3, 0.4) is 0 Å². The largest absolute Gasteiger partial charge is 0.346 e. The molecule has 5 nitrogen and oxygen atoms in total. The molecule has 1 fully saturated rings. The van der Waals surface area contributed by atoms with Crippen LogP contribution in [0.25, 0.3) is 0 Å². The third-order valence-electron chi connectivity index (χ3n) is 2.98. The molecule has 1 aliphatic rings. The van der Waals surface area contributed by atoms with Crippen molar-refractivity contribution in [1.82, 2.24) is 0 Å². The fourth-order valence-electron chi connectivity index (χ4n) is 1.99. The first-order chi connectivity index (χ1) is 9.20. The van der Waals surface area contributed by atoms with E-state index in [1.54, 1.807) is 0 Å². The maximum Gasteiger partial charge on any atom is 0.241 e. The second kappa shape index (κ2) is 6.65. The second-order valence-electron chi connectivity index (χ2n) is 4.58. The molecule has 1 aromatic carbocycles. The number of amides is 1. The molecule has 104 valence electrons. The summed E-state index contributed by atoms with van der Waals surface area (Å²) in [5.74, 6) is -0.160. The molecule has 0 bridgehead atoms. The number of hydrogen-bond donors (Lipinski definition) is 2. The quantitative estimate of drug-likeness (QED) is 0.850. The molecule has 1 atom stereocenters. The van der Waals surface area contributed by atoms with Gasteiger partial charge in [0.05, 0.1) is 19.3 Å². The van der Waals surface area contributed by atoms with Crippen LogP contribution < -0.4 is 11.1 Å². The zero-order valence-electron chi connectivity index (χ0n) is 11.1. The van der Waals surface area contributed by atoms with Gasteiger partial charge in [-0.05, 0) is 18.6 Å². The maximum atomic E-state index is 11.8. The predicted molar refractivity (Wildman–Crippen MR) is 72.6 cm³/mol. The number of carbonyl (C=O) groups is 1. The van der Waals surface area contributed by atoms with Gasteiger partial charge < -0.3 is 20.5 Å². The average Bonchev–Trinajstić information content (AvgIpc) is 2.93. The zero-order valence-corrected chi connectivity index (χ0v) is 11.1. The summed E-state index contributed by atoms with van der Waals surface area (Å²) >= 11 is 0. The molecule has 1 aliphatic heterocycles. The van der Waals surface area contributed by atoms with E-state index in [2.05, 4.69) is 5.32 Å². The summed E-state index contributed by atoms with van der Waals surface area (Å²) in [7, 11) is 0. The van der Waals surface area contributed by atoms with E-state index in [1.807, 2.05) is 31.2 Å². The van der Waals surface area contributed by atoms with Crippen molar-refractivity contribution in [2.75, 3.05) is 18.5 Å². The average molecular weight is 264 g/mol. The van der Waals surface area contributed by atoms with E-state index in [9.17, 15) is 4.79 Å². The van der Waals surface area contributed by atoms with Gasteiger partial charge in [0, 0.05) is 11.3 Å². The SMILES string of the molecule is CCC[C@H](N)C(=O)Nc1cccc(C2OCCO2)c1. The first kappa shape index (κ1) is 14.0. The molecule has 1 saturated heterocycles. The van der Waals surface area contributed by atoms with Crippen LogP contribution in [0.5, 0.6) is 0 Å². The van der Waals surface area contributed by atoms with Crippen LogP contribution in [-0.2, 0) is 14.3 Å². The van der Waals surface area contributed by atoms with Crippen molar-refractivity contribution in [1.29, 1.82) is 0 Å². The van der Waals surface area contributed by atoms with Gasteiger partial charge in [-0.3, -0.25) is 4.79 Å². The number of nitrogens with two attached hydrogens (primary N) is 1. The molecule has 0 aromatic heterocycles. The van der Waals surface area contributed by atoms with Gasteiger partial charge in [0.15, 0.2) is 6.29 Å². The van der Waals surface area contributed by atoms with E-state index in [0.29, 0.717) is 25.3 Å². The molecule has 3 N–H and O–H groups in total. The van der Waals surface area contributed by atoms with E-state index < -0.39 is 6.04 Å². The van der Waals surface area contributed by atoms with Crippen molar-refractivity contribution in [2.24, 2.45) is 5.73 Å². The Hall–Kier alpha value is -1.43. The van der Waals surface area contributed by atoms with Gasteiger partial charge in [-0.15, -0.1) is 0 Å². The number of carbonyl (C=O) groups excluding carboxylic acids is 1. The topological polar surface area (TPSA) is 73.6 Å². The summed E-state index contributed by atoms with van der Waals surface area (Å²) in [6.07, 6.45) is 1.24. The minimum absolute atomic E-state index is 0.160. The monoisotopic (exact) mass is 264 g/mol. The zero-order chi connectivity index (χ0) is 13.7. The highest BCUT2D eigenvalue weighted by atomic mass is 16.7. The fraction of sp³-hybridized carbons (Fsp3) is 0.500. The summed E-state index contributed by atoms with van der Waals surface area (Å²) < 4.78 is 10.9. The van der Waals surface area contributed by atoms with Crippen LogP contribution in [-0.4, -0.2) is 25.2 Å². The lowest BCUT2D eigenvalue weighted by atomic mass is 10.1. The van der Waals surface area contributed by atoms with Crippen molar-refractivity contribution in [2.45, 2.75) is 32.1 Å². The first-order valence-corrected chi connectivity index (χ1v) is 6.60. The third-order valence-corrected chi connectivity index (χ3v) is 2.98. The molecule has 2 rings (SSSR count). The van der Waals surface area contributed by atoms with Gasteiger partial charge in [0.25, 0.3) is 0 Å². The lowest BCUT2D eigenvalue weighted by molar-refractivity contribution is -0.117. The number of rotatable bonds is 5. The molecule has 1 aromatic rings. The van der Waals surface area contributed by atoms with Crippen molar-refractivity contribution >= 4 is 11.6 Å². The van der Waals surface area contributed by atoms with Crippen molar-refractivity contribution in [3.63, 3.8) is 0 Å². The number of hydrogen-bond acceptors (Lipinski definition) is 4. The Kier molecular flexibility index (Phi) is 4.90.